The average Bonchev–Trinajstić information content (AvgIpc) is 3.28. The molecule has 0 spiro atoms. The maximum Gasteiger partial charge on any atom is 0.258 e. The van der Waals surface area contributed by atoms with E-state index in [1.54, 1.807) is 6.07 Å². The first-order valence-corrected chi connectivity index (χ1v) is 8.89. The highest BCUT2D eigenvalue weighted by Gasteiger charge is 2.21. The van der Waals surface area contributed by atoms with Crippen LogP contribution in [0, 0.1) is 12.7 Å². The SMILES string of the molecule is Cc1ccc(Cl)cc1-c1noc(-c2ccc(C3CCCC3)c(F)c2)n1. The van der Waals surface area contributed by atoms with Crippen molar-refractivity contribution in [1.82, 2.24) is 10.1 Å². The van der Waals surface area contributed by atoms with E-state index >= 15 is 0 Å². The van der Waals surface area contributed by atoms with Gasteiger partial charge in [0.15, 0.2) is 0 Å². The van der Waals surface area contributed by atoms with Crippen LogP contribution in [0.2, 0.25) is 5.02 Å². The summed E-state index contributed by atoms with van der Waals surface area (Å²) in [5.74, 6) is 0.908. The minimum atomic E-state index is -0.192. The van der Waals surface area contributed by atoms with E-state index in [-0.39, 0.29) is 5.82 Å². The molecule has 0 saturated heterocycles. The zero-order valence-corrected chi connectivity index (χ0v) is 14.7. The minimum Gasteiger partial charge on any atom is -0.334 e. The van der Waals surface area contributed by atoms with E-state index in [4.69, 9.17) is 16.1 Å². The molecule has 0 unspecified atom stereocenters. The number of rotatable bonds is 3. The number of halogens is 2. The predicted molar refractivity (Wildman–Crippen MR) is 96.1 cm³/mol. The number of aryl methyl sites for hydroxylation is 1. The molecule has 2 aromatic carbocycles. The van der Waals surface area contributed by atoms with Crippen LogP contribution in [0.25, 0.3) is 22.8 Å². The normalized spacial score (nSPS) is 15.0. The van der Waals surface area contributed by atoms with Gasteiger partial charge < -0.3 is 4.52 Å². The van der Waals surface area contributed by atoms with Crippen molar-refractivity contribution in [3.63, 3.8) is 0 Å². The molecule has 3 aromatic rings. The fourth-order valence-corrected chi connectivity index (χ4v) is 3.69. The van der Waals surface area contributed by atoms with Gasteiger partial charge >= 0.3 is 0 Å². The Balaban J connectivity index is 1.66. The van der Waals surface area contributed by atoms with Crippen molar-refractivity contribution in [3.8, 4) is 22.8 Å². The summed E-state index contributed by atoms with van der Waals surface area (Å²) in [4.78, 5) is 4.42. The molecular weight excluding hydrogens is 339 g/mol. The molecule has 1 aromatic heterocycles. The fraction of sp³-hybridized carbons (Fsp3) is 0.300. The second-order valence-electron chi connectivity index (χ2n) is 6.60. The molecule has 1 fully saturated rings. The van der Waals surface area contributed by atoms with E-state index in [1.165, 1.54) is 18.9 Å². The Morgan fingerprint density at radius 1 is 1.12 bits per heavy atom. The van der Waals surface area contributed by atoms with Gasteiger partial charge in [0.25, 0.3) is 5.89 Å². The second-order valence-corrected chi connectivity index (χ2v) is 7.04. The average molecular weight is 357 g/mol. The molecule has 1 heterocycles. The number of benzene rings is 2. The van der Waals surface area contributed by atoms with Gasteiger partial charge in [-0.2, -0.15) is 4.98 Å². The molecule has 128 valence electrons. The molecule has 0 N–H and O–H groups in total. The number of nitrogens with zero attached hydrogens (tertiary/aromatic N) is 2. The van der Waals surface area contributed by atoms with E-state index in [0.29, 0.717) is 28.2 Å². The van der Waals surface area contributed by atoms with E-state index in [2.05, 4.69) is 10.1 Å². The molecule has 0 radical (unpaired) electrons. The van der Waals surface area contributed by atoms with Gasteiger partial charge in [0.05, 0.1) is 0 Å². The predicted octanol–water partition coefficient (Wildman–Crippen LogP) is 6.16. The lowest BCUT2D eigenvalue weighted by Crippen LogP contribution is -1.97. The number of hydrogen-bond donors (Lipinski definition) is 0. The highest BCUT2D eigenvalue weighted by Crippen LogP contribution is 2.36. The molecular formula is C20H18ClFN2O. The fourth-order valence-electron chi connectivity index (χ4n) is 3.51. The lowest BCUT2D eigenvalue weighted by Gasteiger charge is -2.10. The number of aromatic nitrogens is 2. The van der Waals surface area contributed by atoms with E-state index < -0.39 is 0 Å². The summed E-state index contributed by atoms with van der Waals surface area (Å²) in [6.45, 7) is 1.96. The molecule has 0 atom stereocenters. The van der Waals surface area contributed by atoms with Gasteiger partial charge in [0.2, 0.25) is 5.82 Å². The van der Waals surface area contributed by atoms with Crippen molar-refractivity contribution < 1.29 is 8.91 Å². The first-order chi connectivity index (χ1) is 12.1. The van der Waals surface area contributed by atoms with Gasteiger partial charge in [-0.15, -0.1) is 0 Å². The van der Waals surface area contributed by atoms with Gasteiger partial charge in [0, 0.05) is 16.1 Å². The monoisotopic (exact) mass is 356 g/mol. The summed E-state index contributed by atoms with van der Waals surface area (Å²) >= 11 is 6.06. The van der Waals surface area contributed by atoms with E-state index in [9.17, 15) is 4.39 Å². The van der Waals surface area contributed by atoms with Crippen LogP contribution in [0.15, 0.2) is 40.9 Å². The van der Waals surface area contributed by atoms with Gasteiger partial charge in [-0.05, 0) is 61.1 Å². The third-order valence-corrected chi connectivity index (χ3v) is 5.14. The molecule has 4 rings (SSSR count). The quantitative estimate of drug-likeness (QED) is 0.564. The summed E-state index contributed by atoms with van der Waals surface area (Å²) in [7, 11) is 0. The largest absolute Gasteiger partial charge is 0.334 e. The molecule has 0 aliphatic heterocycles. The van der Waals surface area contributed by atoms with Gasteiger partial charge in [0.1, 0.15) is 5.82 Å². The van der Waals surface area contributed by atoms with Crippen molar-refractivity contribution in [1.29, 1.82) is 0 Å². The zero-order valence-electron chi connectivity index (χ0n) is 13.9. The maximum atomic E-state index is 14.5. The second kappa shape index (κ2) is 6.60. The maximum absolute atomic E-state index is 14.5. The van der Waals surface area contributed by atoms with Crippen LogP contribution < -0.4 is 0 Å². The van der Waals surface area contributed by atoms with Crippen molar-refractivity contribution in [2.75, 3.05) is 0 Å². The summed E-state index contributed by atoms with van der Waals surface area (Å²) in [5, 5.41) is 4.64. The Kier molecular flexibility index (Phi) is 4.30. The van der Waals surface area contributed by atoms with Crippen LogP contribution >= 0.6 is 11.6 Å². The van der Waals surface area contributed by atoms with E-state index in [1.807, 2.05) is 31.2 Å². The molecule has 3 nitrogen and oxygen atoms in total. The van der Waals surface area contributed by atoms with Crippen LogP contribution in [-0.4, -0.2) is 10.1 Å². The highest BCUT2D eigenvalue weighted by molar-refractivity contribution is 6.30. The number of hydrogen-bond acceptors (Lipinski definition) is 3. The van der Waals surface area contributed by atoms with Crippen LogP contribution in [0.5, 0.6) is 0 Å². The Labute approximate surface area is 150 Å². The Morgan fingerprint density at radius 2 is 1.92 bits per heavy atom. The summed E-state index contributed by atoms with van der Waals surface area (Å²) < 4.78 is 19.9. The molecule has 0 bridgehead atoms. The third-order valence-electron chi connectivity index (χ3n) is 4.91. The van der Waals surface area contributed by atoms with Crippen LogP contribution in [0.1, 0.15) is 42.7 Å². The third kappa shape index (κ3) is 3.19. The van der Waals surface area contributed by atoms with Gasteiger partial charge in [-0.3, -0.25) is 0 Å². The summed E-state index contributed by atoms with van der Waals surface area (Å²) in [6, 6.07) is 10.7. The molecule has 5 heteroatoms. The van der Waals surface area contributed by atoms with Crippen molar-refractivity contribution in [2.45, 2.75) is 38.5 Å². The summed E-state index contributed by atoms with van der Waals surface area (Å²) in [5.41, 5.74) is 3.20. The zero-order chi connectivity index (χ0) is 17.4. The lowest BCUT2D eigenvalue weighted by molar-refractivity contribution is 0.432. The van der Waals surface area contributed by atoms with Crippen LogP contribution in [0.3, 0.4) is 0 Å². The van der Waals surface area contributed by atoms with Crippen molar-refractivity contribution >= 4 is 11.6 Å². The van der Waals surface area contributed by atoms with E-state index in [0.717, 1.165) is 29.5 Å². The van der Waals surface area contributed by atoms with Crippen molar-refractivity contribution in [2.24, 2.45) is 0 Å². The standard InChI is InChI=1S/C20H18ClFN2O/c1-12-6-8-15(21)11-17(12)19-23-20(25-24-19)14-7-9-16(18(22)10-14)13-4-2-3-5-13/h6-11,13H,2-5H2,1H3. The topological polar surface area (TPSA) is 38.9 Å². The first kappa shape index (κ1) is 16.3. The minimum absolute atomic E-state index is 0.192. The smallest absolute Gasteiger partial charge is 0.258 e. The highest BCUT2D eigenvalue weighted by atomic mass is 35.5. The summed E-state index contributed by atoms with van der Waals surface area (Å²) in [6.07, 6.45) is 4.49. The Bertz CT molecular complexity index is 916. The van der Waals surface area contributed by atoms with Gasteiger partial charge in [-0.1, -0.05) is 41.7 Å². The van der Waals surface area contributed by atoms with Crippen LogP contribution in [0.4, 0.5) is 4.39 Å². The molecule has 1 aliphatic rings. The molecule has 1 aliphatic carbocycles. The van der Waals surface area contributed by atoms with Gasteiger partial charge in [-0.25, -0.2) is 4.39 Å². The lowest BCUT2D eigenvalue weighted by atomic mass is 9.96. The first-order valence-electron chi connectivity index (χ1n) is 8.52. The Morgan fingerprint density at radius 3 is 2.68 bits per heavy atom. The molecule has 25 heavy (non-hydrogen) atoms. The Hall–Kier alpha value is -2.20. The molecule has 0 amide bonds. The molecule has 1 saturated carbocycles. The van der Waals surface area contributed by atoms with Crippen LogP contribution in [-0.2, 0) is 0 Å². The van der Waals surface area contributed by atoms with Crippen molar-refractivity contribution in [3.05, 3.63) is 58.4 Å².